The van der Waals surface area contributed by atoms with Gasteiger partial charge in [0.2, 0.25) is 0 Å². The van der Waals surface area contributed by atoms with Gasteiger partial charge in [0.05, 0.1) is 6.61 Å². The average Bonchev–Trinajstić information content (AvgIpc) is 2.98. The molecule has 0 radical (unpaired) electrons. The van der Waals surface area contributed by atoms with E-state index in [0.29, 0.717) is 37.9 Å². The molecule has 3 rings (SSSR count). The van der Waals surface area contributed by atoms with Crippen molar-refractivity contribution in [2.75, 3.05) is 33.5 Å². The number of para-hydroxylation sites is 2. The summed E-state index contributed by atoms with van der Waals surface area (Å²) in [7, 11) is -2.78. The number of ether oxygens (including phenoxy) is 5. The van der Waals surface area contributed by atoms with Gasteiger partial charge in [-0.3, -0.25) is 4.52 Å². The second-order valence-electron chi connectivity index (χ2n) is 9.91. The van der Waals surface area contributed by atoms with Crippen molar-refractivity contribution >= 4 is 7.82 Å². The van der Waals surface area contributed by atoms with Gasteiger partial charge in [-0.05, 0) is 43.5 Å². The molecule has 1 aliphatic heterocycles. The number of hydrogen-bond acceptors (Lipinski definition) is 9. The first-order valence-electron chi connectivity index (χ1n) is 14.8. The van der Waals surface area contributed by atoms with E-state index in [4.69, 9.17) is 37.3 Å². The Bertz CT molecular complexity index is 948. The van der Waals surface area contributed by atoms with Crippen LogP contribution in [0.1, 0.15) is 59.3 Å². The molecule has 5 unspecified atom stereocenters. The minimum absolute atomic E-state index is 0.301. The second-order valence-corrected chi connectivity index (χ2v) is 11.4. The summed E-state index contributed by atoms with van der Waals surface area (Å²) in [6, 6.07) is 17.5. The van der Waals surface area contributed by atoms with Crippen molar-refractivity contribution in [1.82, 2.24) is 0 Å². The second kappa shape index (κ2) is 18.5. The maximum absolute atomic E-state index is 14.4. The monoisotopic (exact) mass is 594 g/mol. The van der Waals surface area contributed by atoms with E-state index in [-0.39, 0.29) is 0 Å². The minimum atomic E-state index is -4.29. The van der Waals surface area contributed by atoms with E-state index in [1.165, 1.54) is 7.11 Å². The zero-order valence-electron chi connectivity index (χ0n) is 24.9. The molecule has 0 aliphatic carbocycles. The summed E-state index contributed by atoms with van der Waals surface area (Å²) >= 11 is 0. The van der Waals surface area contributed by atoms with Crippen molar-refractivity contribution in [2.45, 2.75) is 90.0 Å². The van der Waals surface area contributed by atoms with E-state index in [0.717, 1.165) is 38.5 Å². The van der Waals surface area contributed by atoms with E-state index < -0.39 is 38.5 Å². The van der Waals surface area contributed by atoms with Gasteiger partial charge in [-0.25, -0.2) is 4.57 Å². The summed E-state index contributed by atoms with van der Waals surface area (Å²) in [5.74, 6) is 0.665. The van der Waals surface area contributed by atoms with Crippen LogP contribution in [-0.4, -0.2) is 64.2 Å². The molecule has 10 heteroatoms. The topological polar surface area (TPSA) is 90.9 Å². The summed E-state index contributed by atoms with van der Waals surface area (Å²) in [4.78, 5) is 0. The summed E-state index contributed by atoms with van der Waals surface area (Å²) in [6.07, 6.45) is 1.92. The van der Waals surface area contributed by atoms with Crippen molar-refractivity contribution in [3.63, 3.8) is 0 Å². The van der Waals surface area contributed by atoms with Crippen molar-refractivity contribution < 1.29 is 41.8 Å². The zero-order chi connectivity index (χ0) is 29.3. The Morgan fingerprint density at radius 3 is 1.73 bits per heavy atom. The molecule has 1 heterocycles. The summed E-state index contributed by atoms with van der Waals surface area (Å²) in [6.45, 7) is 8.19. The molecule has 0 bridgehead atoms. The lowest BCUT2D eigenvalue weighted by Crippen LogP contribution is -2.61. The van der Waals surface area contributed by atoms with Crippen molar-refractivity contribution in [3.05, 3.63) is 60.7 Å². The molecule has 1 fully saturated rings. The first-order chi connectivity index (χ1) is 20.0. The van der Waals surface area contributed by atoms with Crippen LogP contribution < -0.4 is 9.05 Å². The highest BCUT2D eigenvalue weighted by atomic mass is 31.2. The lowest BCUT2D eigenvalue weighted by atomic mass is 9.98. The quantitative estimate of drug-likeness (QED) is 0.117. The standard InChI is InChI=1S/C31H47O9P/c1-5-8-21-34-24-27-28(35-22-9-6-2)29(36-23-10-7-3)30(31(33-4)37-27)40-41(32,38-25-17-13-11-14-18-25)39-26-19-15-12-16-20-26/h11-20,27-31H,5-10,21-24H2,1-4H3. The van der Waals surface area contributed by atoms with Gasteiger partial charge >= 0.3 is 7.82 Å². The molecule has 0 saturated carbocycles. The normalized spacial score (nSPS) is 22.9. The SMILES string of the molecule is CCCCOCC1OC(OC)C(OP(=O)(Oc2ccccc2)Oc2ccccc2)C(OCCCC)C1OCCCC. The van der Waals surface area contributed by atoms with Crippen molar-refractivity contribution in [2.24, 2.45) is 0 Å². The smallest absolute Gasteiger partial charge is 0.395 e. The van der Waals surface area contributed by atoms with Gasteiger partial charge in [0.15, 0.2) is 12.4 Å². The summed E-state index contributed by atoms with van der Waals surface area (Å²) < 4.78 is 63.3. The van der Waals surface area contributed by atoms with Crippen molar-refractivity contribution in [3.8, 4) is 11.5 Å². The lowest BCUT2D eigenvalue weighted by molar-refractivity contribution is -0.306. The molecule has 2 aromatic carbocycles. The number of methoxy groups -OCH3 is 1. The molecule has 9 nitrogen and oxygen atoms in total. The van der Waals surface area contributed by atoms with Crippen LogP contribution in [0.4, 0.5) is 0 Å². The Kier molecular flexibility index (Phi) is 15.2. The third-order valence-corrected chi connectivity index (χ3v) is 7.91. The first-order valence-corrected chi connectivity index (χ1v) is 16.3. The number of phosphoric acid groups is 1. The van der Waals surface area contributed by atoms with Crippen LogP contribution in [0.5, 0.6) is 11.5 Å². The predicted molar refractivity (Wildman–Crippen MR) is 157 cm³/mol. The van der Waals surface area contributed by atoms with E-state index >= 15 is 0 Å². The Labute approximate surface area is 245 Å². The Morgan fingerprint density at radius 2 is 1.22 bits per heavy atom. The van der Waals surface area contributed by atoms with E-state index in [2.05, 4.69) is 20.8 Å². The van der Waals surface area contributed by atoms with Crippen LogP contribution in [0, 0.1) is 0 Å². The van der Waals surface area contributed by atoms with Gasteiger partial charge < -0.3 is 32.7 Å². The number of benzene rings is 2. The van der Waals surface area contributed by atoms with Crippen LogP contribution in [0.25, 0.3) is 0 Å². The van der Waals surface area contributed by atoms with E-state index in [1.807, 2.05) is 12.1 Å². The molecule has 5 atom stereocenters. The van der Waals surface area contributed by atoms with Crippen LogP contribution in [0.15, 0.2) is 60.7 Å². The number of rotatable bonds is 20. The summed E-state index contributed by atoms with van der Waals surface area (Å²) in [5.41, 5.74) is 0. The number of unbranched alkanes of at least 4 members (excludes halogenated alkanes) is 3. The Morgan fingerprint density at radius 1 is 0.707 bits per heavy atom. The first kappa shape index (κ1) is 33.5. The highest BCUT2D eigenvalue weighted by Crippen LogP contribution is 2.52. The maximum Gasteiger partial charge on any atom is 0.588 e. The molecule has 0 amide bonds. The Balaban J connectivity index is 1.94. The third-order valence-electron chi connectivity index (χ3n) is 6.54. The van der Waals surface area contributed by atoms with Gasteiger partial charge in [-0.15, -0.1) is 0 Å². The van der Waals surface area contributed by atoms with Crippen LogP contribution in [0.2, 0.25) is 0 Å². The van der Waals surface area contributed by atoms with Gasteiger partial charge in [-0.2, -0.15) is 0 Å². The number of phosphoric ester groups is 1. The zero-order valence-corrected chi connectivity index (χ0v) is 25.7. The van der Waals surface area contributed by atoms with Gasteiger partial charge in [0, 0.05) is 26.9 Å². The van der Waals surface area contributed by atoms with E-state index in [1.54, 1.807) is 48.5 Å². The molecule has 0 spiro atoms. The summed E-state index contributed by atoms with van der Waals surface area (Å²) in [5, 5.41) is 0. The molecule has 1 aliphatic rings. The van der Waals surface area contributed by atoms with Crippen LogP contribution in [-0.2, 0) is 32.8 Å². The fourth-order valence-electron chi connectivity index (χ4n) is 4.31. The fourth-order valence-corrected chi connectivity index (χ4v) is 5.71. The van der Waals surface area contributed by atoms with E-state index in [9.17, 15) is 4.57 Å². The largest absolute Gasteiger partial charge is 0.588 e. The maximum atomic E-state index is 14.4. The molecule has 0 N–H and O–H groups in total. The van der Waals surface area contributed by atoms with Gasteiger partial charge in [-0.1, -0.05) is 76.4 Å². The molecular weight excluding hydrogens is 547 g/mol. The third kappa shape index (κ3) is 11.0. The van der Waals surface area contributed by atoms with Crippen molar-refractivity contribution in [1.29, 1.82) is 0 Å². The average molecular weight is 595 g/mol. The van der Waals surface area contributed by atoms with Gasteiger partial charge in [0.1, 0.15) is 29.8 Å². The molecule has 2 aromatic rings. The Hall–Kier alpha value is -1.97. The molecule has 230 valence electrons. The minimum Gasteiger partial charge on any atom is -0.395 e. The van der Waals surface area contributed by atoms with Crippen LogP contribution >= 0.6 is 7.82 Å². The lowest BCUT2D eigenvalue weighted by Gasteiger charge is -2.45. The number of hydrogen-bond donors (Lipinski definition) is 0. The molecule has 41 heavy (non-hydrogen) atoms. The van der Waals surface area contributed by atoms with Gasteiger partial charge in [0.25, 0.3) is 0 Å². The van der Waals surface area contributed by atoms with Crippen LogP contribution in [0.3, 0.4) is 0 Å². The molecule has 0 aromatic heterocycles. The predicted octanol–water partition coefficient (Wildman–Crippen LogP) is 7.20. The highest BCUT2D eigenvalue weighted by molar-refractivity contribution is 7.49. The molecular formula is C31H47O9P. The highest BCUT2D eigenvalue weighted by Gasteiger charge is 2.52. The molecule has 1 saturated heterocycles. The fraction of sp³-hybridized carbons (Fsp3) is 0.613.